The van der Waals surface area contributed by atoms with Crippen LogP contribution in [0.2, 0.25) is 0 Å². The first kappa shape index (κ1) is 15.7. The quantitative estimate of drug-likeness (QED) is 0.835. The number of thiocarbonyl (C=S) groups is 1. The van der Waals surface area contributed by atoms with Crippen LogP contribution in [0.1, 0.15) is 31.2 Å². The highest BCUT2D eigenvalue weighted by Crippen LogP contribution is 2.38. The second-order valence-corrected chi connectivity index (χ2v) is 6.23. The second-order valence-electron chi connectivity index (χ2n) is 5.82. The highest BCUT2D eigenvalue weighted by Gasteiger charge is 2.36. The molecular weight excluding hydrogens is 306 g/mol. The van der Waals surface area contributed by atoms with E-state index in [1.807, 2.05) is 18.2 Å². The smallest absolute Gasteiger partial charge is 0.213 e. The third kappa shape index (κ3) is 3.62. The molecule has 4 nitrogen and oxygen atoms in total. The Morgan fingerprint density at radius 3 is 2.48 bits per heavy atom. The molecule has 1 saturated carbocycles. The third-order valence-corrected chi connectivity index (χ3v) is 4.54. The Labute approximate surface area is 142 Å². The lowest BCUT2D eigenvalue weighted by atomic mass is 9.88. The first-order valence-corrected chi connectivity index (χ1v) is 8.27. The van der Waals surface area contributed by atoms with Crippen LogP contribution in [-0.4, -0.2) is 17.2 Å². The third-order valence-electron chi connectivity index (χ3n) is 4.34. The lowest BCUT2D eigenvalue weighted by Gasteiger charge is -2.32. The summed E-state index contributed by atoms with van der Waals surface area (Å²) in [5.74, 6) is 0.589. The summed E-state index contributed by atoms with van der Waals surface area (Å²) >= 11 is 5.52. The Kier molecular flexibility index (Phi) is 4.76. The van der Waals surface area contributed by atoms with E-state index in [0.29, 0.717) is 11.0 Å². The number of aromatic nitrogens is 1. The van der Waals surface area contributed by atoms with Crippen LogP contribution < -0.4 is 15.4 Å². The van der Waals surface area contributed by atoms with Crippen molar-refractivity contribution in [3.8, 4) is 5.88 Å². The Bertz CT molecular complexity index is 652. The maximum atomic E-state index is 5.52. The number of methoxy groups -OCH3 is 1. The van der Waals surface area contributed by atoms with Crippen LogP contribution in [0.5, 0.6) is 5.88 Å². The fourth-order valence-electron chi connectivity index (χ4n) is 3.18. The fraction of sp³-hybridized carbons (Fsp3) is 0.333. The largest absolute Gasteiger partial charge is 0.481 e. The van der Waals surface area contributed by atoms with Crippen molar-refractivity contribution >= 4 is 23.0 Å². The molecule has 3 rings (SSSR count). The molecule has 1 aromatic heterocycles. The molecule has 2 N–H and O–H groups in total. The van der Waals surface area contributed by atoms with Gasteiger partial charge in [0.1, 0.15) is 0 Å². The number of hydrogen-bond acceptors (Lipinski definition) is 3. The molecule has 1 aliphatic carbocycles. The van der Waals surface area contributed by atoms with Gasteiger partial charge in [-0.2, -0.15) is 0 Å². The normalized spacial score (nSPS) is 15.9. The van der Waals surface area contributed by atoms with Crippen molar-refractivity contribution in [1.82, 2.24) is 10.3 Å². The molecule has 0 saturated heterocycles. The number of benzene rings is 1. The van der Waals surface area contributed by atoms with Crippen molar-refractivity contribution in [2.24, 2.45) is 0 Å². The summed E-state index contributed by atoms with van der Waals surface area (Å²) in [6, 6.07) is 14.3. The van der Waals surface area contributed by atoms with Gasteiger partial charge in [-0.1, -0.05) is 43.2 Å². The van der Waals surface area contributed by atoms with Gasteiger partial charge in [-0.3, -0.25) is 0 Å². The average molecular weight is 327 g/mol. The second kappa shape index (κ2) is 6.96. The first-order chi connectivity index (χ1) is 11.2. The van der Waals surface area contributed by atoms with Gasteiger partial charge in [0.15, 0.2) is 5.11 Å². The molecule has 0 atom stereocenters. The van der Waals surface area contributed by atoms with E-state index < -0.39 is 0 Å². The zero-order valence-corrected chi connectivity index (χ0v) is 14.0. The average Bonchev–Trinajstić information content (AvgIpc) is 3.06. The van der Waals surface area contributed by atoms with Gasteiger partial charge < -0.3 is 15.4 Å². The summed E-state index contributed by atoms with van der Waals surface area (Å²) in [4.78, 5) is 4.19. The minimum Gasteiger partial charge on any atom is -0.481 e. The molecule has 0 bridgehead atoms. The van der Waals surface area contributed by atoms with Gasteiger partial charge in [-0.25, -0.2) is 4.98 Å². The van der Waals surface area contributed by atoms with Crippen molar-refractivity contribution in [1.29, 1.82) is 0 Å². The van der Waals surface area contributed by atoms with Crippen molar-refractivity contribution in [2.45, 2.75) is 31.2 Å². The lowest BCUT2D eigenvalue weighted by Crippen LogP contribution is -2.45. The molecule has 1 aliphatic rings. The van der Waals surface area contributed by atoms with Crippen LogP contribution in [0.25, 0.3) is 0 Å². The number of rotatable bonds is 4. The van der Waals surface area contributed by atoms with Gasteiger partial charge in [0.2, 0.25) is 5.88 Å². The van der Waals surface area contributed by atoms with E-state index >= 15 is 0 Å². The van der Waals surface area contributed by atoms with Crippen LogP contribution in [0.15, 0.2) is 48.7 Å². The van der Waals surface area contributed by atoms with E-state index in [1.54, 1.807) is 13.3 Å². The van der Waals surface area contributed by atoms with Gasteiger partial charge in [0.05, 0.1) is 24.5 Å². The minimum absolute atomic E-state index is 0.0642. The van der Waals surface area contributed by atoms with E-state index in [-0.39, 0.29) is 5.54 Å². The van der Waals surface area contributed by atoms with Crippen molar-refractivity contribution < 1.29 is 4.74 Å². The van der Waals surface area contributed by atoms with Crippen molar-refractivity contribution in [2.75, 3.05) is 12.4 Å². The topological polar surface area (TPSA) is 46.2 Å². The van der Waals surface area contributed by atoms with Crippen LogP contribution in [0, 0.1) is 0 Å². The molecule has 0 aliphatic heterocycles. The fourth-order valence-corrected chi connectivity index (χ4v) is 3.49. The van der Waals surface area contributed by atoms with Crippen LogP contribution in [0.4, 0.5) is 5.69 Å². The lowest BCUT2D eigenvalue weighted by molar-refractivity contribution is 0.398. The monoisotopic (exact) mass is 327 g/mol. The van der Waals surface area contributed by atoms with Gasteiger partial charge in [-0.15, -0.1) is 0 Å². The van der Waals surface area contributed by atoms with Crippen LogP contribution in [0.3, 0.4) is 0 Å². The molecular formula is C18H21N3OS. The molecule has 0 amide bonds. The van der Waals surface area contributed by atoms with E-state index in [4.69, 9.17) is 17.0 Å². The molecule has 120 valence electrons. The molecule has 23 heavy (non-hydrogen) atoms. The van der Waals surface area contributed by atoms with Crippen LogP contribution in [-0.2, 0) is 5.54 Å². The number of ether oxygens (including phenoxy) is 1. The molecule has 1 aromatic carbocycles. The number of nitrogens with zero attached hydrogens (tertiary/aromatic N) is 1. The molecule has 1 heterocycles. The zero-order chi connectivity index (χ0) is 16.1. The predicted molar refractivity (Wildman–Crippen MR) is 96.7 cm³/mol. The zero-order valence-electron chi connectivity index (χ0n) is 13.2. The maximum Gasteiger partial charge on any atom is 0.213 e. The number of hydrogen-bond donors (Lipinski definition) is 2. The number of anilines is 1. The SMILES string of the molecule is COc1ccc(NC(=S)NC2(c3ccccc3)CCCC2)cn1. The van der Waals surface area contributed by atoms with E-state index in [1.165, 1.54) is 18.4 Å². The maximum absolute atomic E-state index is 5.52. The summed E-state index contributed by atoms with van der Waals surface area (Å²) < 4.78 is 5.07. The van der Waals surface area contributed by atoms with Gasteiger partial charge in [0, 0.05) is 6.07 Å². The molecule has 0 unspecified atom stereocenters. The number of nitrogens with one attached hydrogen (secondary N) is 2. The molecule has 5 heteroatoms. The first-order valence-electron chi connectivity index (χ1n) is 7.87. The minimum atomic E-state index is -0.0642. The Morgan fingerprint density at radius 1 is 1.13 bits per heavy atom. The highest BCUT2D eigenvalue weighted by atomic mass is 32.1. The van der Waals surface area contributed by atoms with E-state index in [2.05, 4.69) is 39.9 Å². The molecule has 2 aromatic rings. The summed E-state index contributed by atoms with van der Waals surface area (Å²) in [7, 11) is 1.60. The van der Waals surface area contributed by atoms with E-state index in [9.17, 15) is 0 Å². The van der Waals surface area contributed by atoms with Crippen LogP contribution >= 0.6 is 12.2 Å². The Balaban J connectivity index is 1.71. The predicted octanol–water partition coefficient (Wildman–Crippen LogP) is 3.85. The van der Waals surface area contributed by atoms with Crippen molar-refractivity contribution in [3.63, 3.8) is 0 Å². The summed E-state index contributed by atoms with van der Waals surface area (Å²) in [6.07, 6.45) is 6.35. The Hall–Kier alpha value is -2.14. The molecule has 1 fully saturated rings. The summed E-state index contributed by atoms with van der Waals surface area (Å²) in [5, 5.41) is 7.39. The standard InChI is InChI=1S/C18H21N3OS/c1-22-16-10-9-15(13-19-16)20-17(23)21-18(11-5-6-12-18)14-7-3-2-4-8-14/h2-4,7-10,13H,5-6,11-12H2,1H3,(H2,20,21,23). The van der Waals surface area contributed by atoms with E-state index in [0.717, 1.165) is 18.5 Å². The summed E-state index contributed by atoms with van der Waals surface area (Å²) in [6.45, 7) is 0. The van der Waals surface area contributed by atoms with Crippen molar-refractivity contribution in [3.05, 3.63) is 54.2 Å². The highest BCUT2D eigenvalue weighted by molar-refractivity contribution is 7.80. The summed E-state index contributed by atoms with van der Waals surface area (Å²) in [5.41, 5.74) is 2.09. The number of pyridine rings is 1. The van der Waals surface area contributed by atoms with Gasteiger partial charge in [-0.05, 0) is 36.7 Å². The van der Waals surface area contributed by atoms with Gasteiger partial charge >= 0.3 is 0 Å². The molecule has 0 spiro atoms. The van der Waals surface area contributed by atoms with Gasteiger partial charge in [0.25, 0.3) is 0 Å². The Morgan fingerprint density at radius 2 is 1.87 bits per heavy atom. The molecule has 0 radical (unpaired) electrons.